The van der Waals surface area contributed by atoms with Gasteiger partial charge in [0.15, 0.2) is 0 Å². The van der Waals surface area contributed by atoms with E-state index < -0.39 is 16.4 Å². The van der Waals surface area contributed by atoms with Crippen molar-refractivity contribution in [3.8, 4) is 0 Å². The Morgan fingerprint density at radius 2 is 2.11 bits per heavy atom. The van der Waals surface area contributed by atoms with E-state index in [4.69, 9.17) is 17.3 Å². The third kappa shape index (κ3) is 4.66. The number of hydrogen-bond acceptors (Lipinski definition) is 4. The zero-order valence-corrected chi connectivity index (χ0v) is 12.0. The summed E-state index contributed by atoms with van der Waals surface area (Å²) in [6, 6.07) is 3.90. The number of benzene rings is 1. The summed E-state index contributed by atoms with van der Waals surface area (Å²) in [7, 11) is 0. The van der Waals surface area contributed by atoms with Gasteiger partial charge in [-0.25, -0.2) is 0 Å². The molecule has 0 aliphatic heterocycles. The molecule has 0 aliphatic rings. The van der Waals surface area contributed by atoms with Crippen molar-refractivity contribution in [2.24, 2.45) is 5.73 Å². The average Bonchev–Trinajstić information content (AvgIpc) is 2.28. The Morgan fingerprint density at radius 3 is 2.58 bits per heavy atom. The second-order valence-corrected chi connectivity index (χ2v) is 4.90. The predicted octanol–water partition coefficient (Wildman–Crippen LogP) is 2.14. The summed E-state index contributed by atoms with van der Waals surface area (Å²) < 4.78 is 0. The van der Waals surface area contributed by atoms with Crippen LogP contribution in [0.3, 0.4) is 0 Å². The van der Waals surface area contributed by atoms with Crippen LogP contribution >= 0.6 is 24.0 Å². The first-order valence-electron chi connectivity index (χ1n) is 5.23. The lowest BCUT2D eigenvalue weighted by Gasteiger charge is -2.24. The number of nitrogens with two attached hydrogens (primary N) is 1. The number of nitro groups is 1. The minimum Gasteiger partial charge on any atom is -0.346 e. The third-order valence-corrected chi connectivity index (χ3v) is 2.60. The molecule has 0 heterocycles. The number of amides is 1. The van der Waals surface area contributed by atoms with E-state index in [1.807, 2.05) is 0 Å². The molecule has 0 spiro atoms. The first-order valence-corrected chi connectivity index (χ1v) is 5.61. The molecule has 8 heteroatoms. The van der Waals surface area contributed by atoms with E-state index in [-0.39, 0.29) is 35.2 Å². The monoisotopic (exact) mass is 307 g/mol. The molecule has 1 amide bonds. The fraction of sp³-hybridized carbons (Fsp3) is 0.364. The second-order valence-electron chi connectivity index (χ2n) is 4.46. The molecule has 0 radical (unpaired) electrons. The van der Waals surface area contributed by atoms with E-state index >= 15 is 0 Å². The van der Waals surface area contributed by atoms with Crippen LogP contribution in [-0.4, -0.2) is 22.9 Å². The maximum atomic E-state index is 11.9. The summed E-state index contributed by atoms with van der Waals surface area (Å²) in [5.74, 6) is -0.547. The minimum atomic E-state index is -0.643. The van der Waals surface area contributed by atoms with Crippen LogP contribution in [0.4, 0.5) is 5.69 Å². The van der Waals surface area contributed by atoms with Gasteiger partial charge in [0.05, 0.1) is 4.92 Å². The van der Waals surface area contributed by atoms with Gasteiger partial charge in [0, 0.05) is 23.2 Å². The number of nitrogens with zero attached hydrogens (tertiary/aromatic N) is 1. The van der Waals surface area contributed by atoms with Crippen LogP contribution in [0.5, 0.6) is 0 Å². The van der Waals surface area contributed by atoms with Gasteiger partial charge in [-0.2, -0.15) is 0 Å². The van der Waals surface area contributed by atoms with Gasteiger partial charge < -0.3 is 11.1 Å². The van der Waals surface area contributed by atoms with E-state index in [1.165, 1.54) is 12.1 Å². The summed E-state index contributed by atoms with van der Waals surface area (Å²) >= 11 is 5.67. The van der Waals surface area contributed by atoms with Gasteiger partial charge in [0.25, 0.3) is 11.6 Å². The summed E-state index contributed by atoms with van der Waals surface area (Å²) in [5.41, 5.74) is 4.49. The normalized spacial score (nSPS) is 10.5. The molecule has 0 unspecified atom stereocenters. The van der Waals surface area contributed by atoms with Crippen LogP contribution in [-0.2, 0) is 0 Å². The van der Waals surface area contributed by atoms with Crippen LogP contribution < -0.4 is 11.1 Å². The molecule has 0 atom stereocenters. The third-order valence-electron chi connectivity index (χ3n) is 2.36. The SMILES string of the molecule is CC(C)(CN)NC(=O)c1ccc(Cl)cc1[N+](=O)[O-].Cl. The van der Waals surface area contributed by atoms with Gasteiger partial charge in [0.2, 0.25) is 0 Å². The van der Waals surface area contributed by atoms with Gasteiger partial charge >= 0.3 is 0 Å². The maximum Gasteiger partial charge on any atom is 0.283 e. The molecule has 106 valence electrons. The van der Waals surface area contributed by atoms with Gasteiger partial charge in [0.1, 0.15) is 5.56 Å². The molecule has 0 aromatic heterocycles. The van der Waals surface area contributed by atoms with Crippen molar-refractivity contribution in [1.82, 2.24) is 5.32 Å². The molecular weight excluding hydrogens is 293 g/mol. The van der Waals surface area contributed by atoms with E-state index in [1.54, 1.807) is 13.8 Å². The summed E-state index contributed by atoms with van der Waals surface area (Å²) in [6.45, 7) is 3.68. The molecule has 0 saturated heterocycles. The lowest BCUT2D eigenvalue weighted by Crippen LogP contribution is -2.48. The van der Waals surface area contributed by atoms with Crippen LogP contribution in [0, 0.1) is 10.1 Å². The number of nitro benzene ring substituents is 1. The van der Waals surface area contributed by atoms with Crippen molar-refractivity contribution in [3.05, 3.63) is 38.9 Å². The molecule has 19 heavy (non-hydrogen) atoms. The maximum absolute atomic E-state index is 11.9. The smallest absolute Gasteiger partial charge is 0.283 e. The van der Waals surface area contributed by atoms with Crippen molar-refractivity contribution in [2.45, 2.75) is 19.4 Å². The Morgan fingerprint density at radius 1 is 1.53 bits per heavy atom. The Balaban J connectivity index is 0.00000324. The van der Waals surface area contributed by atoms with Crippen LogP contribution in [0.2, 0.25) is 5.02 Å². The highest BCUT2D eigenvalue weighted by Crippen LogP contribution is 2.23. The zero-order chi connectivity index (χ0) is 13.9. The van der Waals surface area contributed by atoms with Crippen molar-refractivity contribution < 1.29 is 9.72 Å². The lowest BCUT2D eigenvalue weighted by molar-refractivity contribution is -0.385. The summed E-state index contributed by atoms with van der Waals surface area (Å²) in [5, 5.41) is 13.7. The zero-order valence-electron chi connectivity index (χ0n) is 10.5. The predicted molar refractivity (Wildman–Crippen MR) is 76.0 cm³/mol. The van der Waals surface area contributed by atoms with Gasteiger partial charge in [-0.1, -0.05) is 11.6 Å². The highest BCUT2D eigenvalue weighted by Gasteiger charge is 2.25. The Kier molecular flexibility index (Phi) is 6.21. The number of halogens is 2. The van der Waals surface area contributed by atoms with Crippen molar-refractivity contribution in [1.29, 1.82) is 0 Å². The fourth-order valence-electron chi connectivity index (χ4n) is 1.27. The number of rotatable bonds is 4. The molecular formula is C11H15Cl2N3O3. The van der Waals surface area contributed by atoms with Gasteiger partial charge in [-0.15, -0.1) is 12.4 Å². The lowest BCUT2D eigenvalue weighted by atomic mass is 10.0. The molecule has 3 N–H and O–H groups in total. The molecule has 0 fully saturated rings. The van der Waals surface area contributed by atoms with Crippen molar-refractivity contribution in [3.63, 3.8) is 0 Å². The Labute approximate surface area is 121 Å². The summed E-state index contributed by atoms with van der Waals surface area (Å²) in [6.07, 6.45) is 0. The van der Waals surface area contributed by atoms with E-state index in [9.17, 15) is 14.9 Å². The highest BCUT2D eigenvalue weighted by molar-refractivity contribution is 6.31. The number of carbonyl (C=O) groups excluding carboxylic acids is 1. The fourth-order valence-corrected chi connectivity index (χ4v) is 1.44. The van der Waals surface area contributed by atoms with E-state index in [0.717, 1.165) is 6.07 Å². The molecule has 6 nitrogen and oxygen atoms in total. The Hall–Kier alpha value is -1.37. The molecule has 0 aliphatic carbocycles. The minimum absolute atomic E-state index is 0. The van der Waals surface area contributed by atoms with Crippen LogP contribution in [0.25, 0.3) is 0 Å². The number of carbonyl (C=O) groups is 1. The molecule has 0 bridgehead atoms. The topological polar surface area (TPSA) is 98.3 Å². The second kappa shape index (κ2) is 6.70. The quantitative estimate of drug-likeness (QED) is 0.657. The van der Waals surface area contributed by atoms with E-state index in [2.05, 4.69) is 5.32 Å². The first kappa shape index (κ1) is 17.6. The highest BCUT2D eigenvalue weighted by atomic mass is 35.5. The van der Waals surface area contributed by atoms with Crippen molar-refractivity contribution in [2.75, 3.05) is 6.54 Å². The standard InChI is InChI=1S/C11H14ClN3O3.ClH/c1-11(2,6-13)14-10(16)8-4-3-7(12)5-9(8)15(17)18;/h3-5H,6,13H2,1-2H3,(H,14,16);1H. The van der Waals surface area contributed by atoms with Crippen LogP contribution in [0.15, 0.2) is 18.2 Å². The molecule has 1 aromatic carbocycles. The average molecular weight is 308 g/mol. The summed E-state index contributed by atoms with van der Waals surface area (Å²) in [4.78, 5) is 22.2. The van der Waals surface area contributed by atoms with Crippen LogP contribution in [0.1, 0.15) is 24.2 Å². The van der Waals surface area contributed by atoms with Gasteiger partial charge in [-0.05, 0) is 26.0 Å². The van der Waals surface area contributed by atoms with Crippen molar-refractivity contribution >= 4 is 35.6 Å². The van der Waals surface area contributed by atoms with Gasteiger partial charge in [-0.3, -0.25) is 14.9 Å². The number of hydrogen-bond donors (Lipinski definition) is 2. The molecule has 1 aromatic rings. The first-order chi connectivity index (χ1) is 8.26. The van der Waals surface area contributed by atoms with E-state index in [0.29, 0.717) is 0 Å². The Bertz CT molecular complexity index is 492. The molecule has 1 rings (SSSR count). The largest absolute Gasteiger partial charge is 0.346 e. The molecule has 0 saturated carbocycles. The number of nitrogens with one attached hydrogen (secondary N) is 1.